The van der Waals surface area contributed by atoms with E-state index in [0.717, 1.165) is 5.56 Å². The Kier molecular flexibility index (Phi) is 7.00. The Morgan fingerprint density at radius 2 is 1.71 bits per heavy atom. The summed E-state index contributed by atoms with van der Waals surface area (Å²) in [5, 5.41) is 4.71. The van der Waals surface area contributed by atoms with Crippen molar-refractivity contribution in [2.45, 2.75) is 52.2 Å². The van der Waals surface area contributed by atoms with E-state index in [1.165, 1.54) is 11.3 Å². The summed E-state index contributed by atoms with van der Waals surface area (Å²) in [4.78, 5) is 39.2. The lowest BCUT2D eigenvalue weighted by Crippen LogP contribution is -2.43. The SMILES string of the molecule is Cc1ccsc1C(=O)Nc1ccc(C(=O)OC2CCN(C(=O)OC(C)(C)C)CC2)cc1. The molecule has 2 aromatic rings. The van der Waals surface area contributed by atoms with Gasteiger partial charge in [-0.25, -0.2) is 9.59 Å². The van der Waals surface area contributed by atoms with Gasteiger partial charge in [0.05, 0.1) is 10.4 Å². The summed E-state index contributed by atoms with van der Waals surface area (Å²) >= 11 is 1.39. The van der Waals surface area contributed by atoms with Crippen LogP contribution in [0, 0.1) is 6.92 Å². The molecule has 3 rings (SSSR count). The van der Waals surface area contributed by atoms with Crippen molar-refractivity contribution in [1.82, 2.24) is 4.90 Å². The minimum Gasteiger partial charge on any atom is -0.459 e. The minimum absolute atomic E-state index is 0.167. The predicted octanol–water partition coefficient (Wildman–Crippen LogP) is 4.87. The molecular weight excluding hydrogens is 416 g/mol. The number of piperidine rings is 1. The molecule has 0 bridgehead atoms. The van der Waals surface area contributed by atoms with Gasteiger partial charge < -0.3 is 19.7 Å². The fraction of sp³-hybridized carbons (Fsp3) is 0.435. The van der Waals surface area contributed by atoms with Gasteiger partial charge >= 0.3 is 12.1 Å². The maximum Gasteiger partial charge on any atom is 0.410 e. The lowest BCUT2D eigenvalue weighted by Gasteiger charge is -2.33. The van der Waals surface area contributed by atoms with Crippen LogP contribution in [0.15, 0.2) is 35.7 Å². The largest absolute Gasteiger partial charge is 0.459 e. The number of nitrogens with one attached hydrogen (secondary N) is 1. The average molecular weight is 445 g/mol. The third-order valence-electron chi connectivity index (χ3n) is 4.81. The molecule has 1 aromatic heterocycles. The first-order chi connectivity index (χ1) is 14.6. The highest BCUT2D eigenvalue weighted by molar-refractivity contribution is 7.12. The van der Waals surface area contributed by atoms with Crippen LogP contribution < -0.4 is 5.32 Å². The average Bonchev–Trinajstić information content (AvgIpc) is 3.14. The van der Waals surface area contributed by atoms with Crippen molar-refractivity contribution in [2.75, 3.05) is 18.4 Å². The van der Waals surface area contributed by atoms with E-state index in [1.54, 1.807) is 29.2 Å². The summed E-state index contributed by atoms with van der Waals surface area (Å²) in [6.45, 7) is 8.36. The summed E-state index contributed by atoms with van der Waals surface area (Å²) in [5.74, 6) is -0.581. The molecule has 7 nitrogen and oxygen atoms in total. The number of hydrogen-bond donors (Lipinski definition) is 1. The monoisotopic (exact) mass is 444 g/mol. The van der Waals surface area contributed by atoms with Crippen LogP contribution in [0.5, 0.6) is 0 Å². The van der Waals surface area contributed by atoms with Crippen LogP contribution in [0.25, 0.3) is 0 Å². The van der Waals surface area contributed by atoms with Gasteiger partial charge in [0.2, 0.25) is 0 Å². The first-order valence-electron chi connectivity index (χ1n) is 10.3. The van der Waals surface area contributed by atoms with Gasteiger partial charge in [-0.2, -0.15) is 0 Å². The number of nitrogens with zero attached hydrogens (tertiary/aromatic N) is 1. The van der Waals surface area contributed by atoms with Gasteiger partial charge in [0, 0.05) is 31.6 Å². The van der Waals surface area contributed by atoms with Crippen LogP contribution in [-0.4, -0.2) is 47.7 Å². The number of hydrogen-bond acceptors (Lipinski definition) is 6. The Morgan fingerprint density at radius 3 is 2.26 bits per heavy atom. The molecule has 0 spiro atoms. The van der Waals surface area contributed by atoms with Gasteiger partial charge in [-0.05, 0) is 69.0 Å². The Bertz CT molecular complexity index is 938. The highest BCUT2D eigenvalue weighted by atomic mass is 32.1. The number of thiophene rings is 1. The van der Waals surface area contributed by atoms with Gasteiger partial charge in [0.25, 0.3) is 5.91 Å². The van der Waals surface area contributed by atoms with E-state index < -0.39 is 11.6 Å². The fourth-order valence-electron chi connectivity index (χ4n) is 3.18. The molecule has 1 N–H and O–H groups in total. The van der Waals surface area contributed by atoms with Crippen molar-refractivity contribution in [1.29, 1.82) is 0 Å². The topological polar surface area (TPSA) is 84.9 Å². The number of rotatable bonds is 4. The van der Waals surface area contributed by atoms with Gasteiger partial charge in [0.15, 0.2) is 0 Å². The predicted molar refractivity (Wildman–Crippen MR) is 120 cm³/mol. The first kappa shape index (κ1) is 22.8. The van der Waals surface area contributed by atoms with E-state index in [4.69, 9.17) is 9.47 Å². The summed E-state index contributed by atoms with van der Waals surface area (Å²) in [6.07, 6.45) is 0.554. The maximum atomic E-state index is 12.5. The number of anilines is 1. The molecular formula is C23H28N2O5S. The lowest BCUT2D eigenvalue weighted by molar-refractivity contribution is -0.00341. The number of aryl methyl sites for hydroxylation is 1. The minimum atomic E-state index is -0.533. The van der Waals surface area contributed by atoms with Gasteiger partial charge in [-0.15, -0.1) is 11.3 Å². The molecule has 166 valence electrons. The number of carbonyl (C=O) groups is 3. The molecule has 1 fully saturated rings. The molecule has 31 heavy (non-hydrogen) atoms. The molecule has 2 heterocycles. The third kappa shape index (κ3) is 6.30. The standard InChI is InChI=1S/C23H28N2O5S/c1-15-11-14-31-19(15)20(26)24-17-7-5-16(6-8-17)21(27)29-18-9-12-25(13-10-18)22(28)30-23(2,3)4/h5-8,11,14,18H,9-10,12-13H2,1-4H3,(H,24,26). The van der Waals surface area contributed by atoms with E-state index in [-0.39, 0.29) is 18.1 Å². The van der Waals surface area contributed by atoms with E-state index in [2.05, 4.69) is 5.32 Å². The van der Waals surface area contributed by atoms with E-state index >= 15 is 0 Å². The van der Waals surface area contributed by atoms with Gasteiger partial charge in [0.1, 0.15) is 11.7 Å². The number of benzene rings is 1. The van der Waals surface area contributed by atoms with Gasteiger partial charge in [-0.3, -0.25) is 4.79 Å². The second-order valence-corrected chi connectivity index (χ2v) is 9.45. The quantitative estimate of drug-likeness (QED) is 0.681. The number of amides is 2. The third-order valence-corrected chi connectivity index (χ3v) is 5.83. The maximum absolute atomic E-state index is 12.5. The fourth-order valence-corrected chi connectivity index (χ4v) is 4.01. The van der Waals surface area contributed by atoms with Crippen LogP contribution in [-0.2, 0) is 9.47 Å². The molecule has 0 atom stereocenters. The number of likely N-dealkylation sites (tertiary alicyclic amines) is 1. The first-order valence-corrected chi connectivity index (χ1v) is 11.1. The van der Waals surface area contributed by atoms with Gasteiger partial charge in [-0.1, -0.05) is 0 Å². The molecule has 0 unspecified atom stereocenters. The van der Waals surface area contributed by atoms with Crippen LogP contribution in [0.4, 0.5) is 10.5 Å². The van der Waals surface area contributed by atoms with E-state index in [0.29, 0.717) is 42.1 Å². The van der Waals surface area contributed by atoms with Crippen molar-refractivity contribution in [3.05, 3.63) is 51.7 Å². The Morgan fingerprint density at radius 1 is 1.06 bits per heavy atom. The zero-order chi connectivity index (χ0) is 22.6. The van der Waals surface area contributed by atoms with Crippen molar-refractivity contribution < 1.29 is 23.9 Å². The molecule has 0 radical (unpaired) electrons. The van der Waals surface area contributed by atoms with Crippen LogP contribution in [0.1, 0.15) is 59.2 Å². The summed E-state index contributed by atoms with van der Waals surface area (Å²) in [7, 11) is 0. The molecule has 8 heteroatoms. The number of ether oxygens (including phenoxy) is 2. The zero-order valence-corrected chi connectivity index (χ0v) is 19.1. The normalized spacial score (nSPS) is 14.8. The van der Waals surface area contributed by atoms with Crippen molar-refractivity contribution in [3.63, 3.8) is 0 Å². The van der Waals surface area contributed by atoms with Crippen molar-refractivity contribution >= 4 is 35.0 Å². The van der Waals surface area contributed by atoms with Crippen LogP contribution in [0.2, 0.25) is 0 Å². The Hall–Kier alpha value is -2.87. The number of carbonyl (C=O) groups excluding carboxylic acids is 3. The zero-order valence-electron chi connectivity index (χ0n) is 18.3. The van der Waals surface area contributed by atoms with E-state index in [9.17, 15) is 14.4 Å². The summed E-state index contributed by atoms with van der Waals surface area (Å²) in [6, 6.07) is 8.53. The van der Waals surface area contributed by atoms with E-state index in [1.807, 2.05) is 39.1 Å². The van der Waals surface area contributed by atoms with Crippen LogP contribution in [0.3, 0.4) is 0 Å². The molecule has 1 saturated heterocycles. The highest BCUT2D eigenvalue weighted by Gasteiger charge is 2.28. The molecule has 1 aromatic carbocycles. The Balaban J connectivity index is 1.48. The molecule has 1 aliphatic rings. The molecule has 0 aliphatic carbocycles. The number of esters is 1. The van der Waals surface area contributed by atoms with Crippen molar-refractivity contribution in [2.24, 2.45) is 0 Å². The molecule has 2 amide bonds. The summed E-state index contributed by atoms with van der Waals surface area (Å²) < 4.78 is 11.0. The molecule has 1 aliphatic heterocycles. The Labute approximate surface area is 186 Å². The molecule has 0 saturated carbocycles. The van der Waals surface area contributed by atoms with Crippen molar-refractivity contribution in [3.8, 4) is 0 Å². The lowest BCUT2D eigenvalue weighted by atomic mass is 10.1. The summed E-state index contributed by atoms with van der Waals surface area (Å²) in [5.41, 5.74) is 1.43. The second kappa shape index (κ2) is 9.51. The smallest absolute Gasteiger partial charge is 0.410 e. The second-order valence-electron chi connectivity index (χ2n) is 8.54. The highest BCUT2D eigenvalue weighted by Crippen LogP contribution is 2.21. The van der Waals surface area contributed by atoms with Crippen LogP contribution >= 0.6 is 11.3 Å².